The number of fused-ring (bicyclic) bond motifs is 1. The molecule has 2 heterocycles. The third-order valence-electron chi connectivity index (χ3n) is 4.44. The van der Waals surface area contributed by atoms with Crippen molar-refractivity contribution >= 4 is 30.3 Å². The predicted octanol–water partition coefficient (Wildman–Crippen LogP) is 5.18. The first kappa shape index (κ1) is 18.4. The summed E-state index contributed by atoms with van der Waals surface area (Å²) in [4.78, 5) is 1.29. The van der Waals surface area contributed by atoms with Crippen molar-refractivity contribution < 1.29 is 4.74 Å². The Kier molecular flexibility index (Phi) is 5.79. The number of aromatic nitrogens is 1. The highest BCUT2D eigenvalue weighted by atomic mass is 32.1. The van der Waals surface area contributed by atoms with Gasteiger partial charge < -0.3 is 15.0 Å². The number of para-hydroxylation sites is 1. The van der Waals surface area contributed by atoms with Crippen LogP contribution in [0.25, 0.3) is 21.5 Å². The fourth-order valence-electron chi connectivity index (χ4n) is 3.14. The second kappa shape index (κ2) is 7.87. The number of ether oxygens (including phenoxy) is 1. The van der Waals surface area contributed by atoms with Crippen LogP contribution >= 0.6 is 11.3 Å². The maximum atomic E-state index is 6.11. The quantitative estimate of drug-likeness (QED) is 0.437. The van der Waals surface area contributed by atoms with Crippen LogP contribution in [0.2, 0.25) is 25.7 Å². The highest BCUT2D eigenvalue weighted by Crippen LogP contribution is 2.36. The van der Waals surface area contributed by atoms with E-state index in [9.17, 15) is 0 Å². The zero-order chi connectivity index (χ0) is 17.9. The number of rotatable bonds is 8. The van der Waals surface area contributed by atoms with Crippen molar-refractivity contribution in [2.75, 3.05) is 13.2 Å². The van der Waals surface area contributed by atoms with Crippen molar-refractivity contribution in [1.82, 2.24) is 4.57 Å². The fraction of sp³-hybridized carbons (Fsp3) is 0.400. The van der Waals surface area contributed by atoms with Crippen molar-refractivity contribution in [1.29, 1.82) is 0 Å². The molecule has 0 saturated carbocycles. The van der Waals surface area contributed by atoms with Crippen molar-refractivity contribution in [2.24, 2.45) is 5.73 Å². The van der Waals surface area contributed by atoms with E-state index in [2.05, 4.69) is 66.0 Å². The molecule has 0 atom stereocenters. The second-order valence-electron chi connectivity index (χ2n) is 7.64. The molecule has 0 spiro atoms. The van der Waals surface area contributed by atoms with Gasteiger partial charge in [0.2, 0.25) is 0 Å². The van der Waals surface area contributed by atoms with Crippen LogP contribution in [-0.2, 0) is 17.9 Å². The van der Waals surface area contributed by atoms with Crippen molar-refractivity contribution in [3.8, 4) is 10.6 Å². The molecule has 2 aromatic heterocycles. The van der Waals surface area contributed by atoms with Crippen LogP contribution in [0.4, 0.5) is 0 Å². The van der Waals surface area contributed by atoms with Crippen LogP contribution in [0.1, 0.15) is 5.56 Å². The summed E-state index contributed by atoms with van der Waals surface area (Å²) in [6.45, 7) is 9.25. The predicted molar refractivity (Wildman–Crippen MR) is 112 cm³/mol. The van der Waals surface area contributed by atoms with Crippen LogP contribution in [0, 0.1) is 0 Å². The average Bonchev–Trinajstić information content (AvgIpc) is 3.18. The Bertz CT molecular complexity index is 818. The molecule has 1 aromatic carbocycles. The van der Waals surface area contributed by atoms with Gasteiger partial charge in [0.25, 0.3) is 0 Å². The second-order valence-corrected chi connectivity index (χ2v) is 14.2. The Morgan fingerprint density at radius 2 is 1.92 bits per heavy atom. The van der Waals surface area contributed by atoms with Gasteiger partial charge in [-0.1, -0.05) is 43.9 Å². The van der Waals surface area contributed by atoms with E-state index in [1.807, 2.05) is 0 Å². The van der Waals surface area contributed by atoms with E-state index in [-0.39, 0.29) is 0 Å². The summed E-state index contributed by atoms with van der Waals surface area (Å²) in [5.74, 6) is 0. The van der Waals surface area contributed by atoms with E-state index >= 15 is 0 Å². The zero-order valence-corrected chi connectivity index (χ0v) is 17.2. The number of nitrogens with zero attached hydrogens (tertiary/aromatic N) is 1. The molecule has 0 aliphatic carbocycles. The van der Waals surface area contributed by atoms with Crippen LogP contribution in [0.15, 0.2) is 41.8 Å². The maximum Gasteiger partial charge on any atom is 0.123 e. The molecule has 0 aliphatic rings. The third kappa shape index (κ3) is 4.23. The summed E-state index contributed by atoms with van der Waals surface area (Å²) in [6.07, 6.45) is 0.885. The minimum absolute atomic E-state index is 0.600. The van der Waals surface area contributed by atoms with E-state index in [0.717, 1.165) is 13.0 Å². The summed E-state index contributed by atoms with van der Waals surface area (Å²) in [6, 6.07) is 14.1. The number of nitrogens with two attached hydrogens (primary N) is 1. The summed E-state index contributed by atoms with van der Waals surface area (Å²) in [5.41, 5.74) is 9.77. The molecule has 0 radical (unpaired) electrons. The molecule has 0 aliphatic heterocycles. The maximum absolute atomic E-state index is 6.11. The Hall–Kier alpha value is -1.40. The van der Waals surface area contributed by atoms with Crippen LogP contribution in [0.3, 0.4) is 0 Å². The lowest BCUT2D eigenvalue weighted by Crippen LogP contribution is -2.22. The molecular weight excluding hydrogens is 344 g/mol. The smallest absolute Gasteiger partial charge is 0.123 e. The Labute approximate surface area is 155 Å². The van der Waals surface area contributed by atoms with Gasteiger partial charge in [-0.3, -0.25) is 0 Å². The van der Waals surface area contributed by atoms with Gasteiger partial charge in [-0.05, 0) is 42.1 Å². The number of benzene rings is 1. The molecule has 0 saturated heterocycles. The molecule has 5 heteroatoms. The Morgan fingerprint density at radius 3 is 2.60 bits per heavy atom. The van der Waals surface area contributed by atoms with Gasteiger partial charge >= 0.3 is 0 Å². The van der Waals surface area contributed by atoms with Crippen LogP contribution in [-0.4, -0.2) is 25.8 Å². The molecule has 3 aromatic rings. The molecule has 2 N–H and O–H groups in total. The van der Waals surface area contributed by atoms with Crippen LogP contribution < -0.4 is 5.73 Å². The Morgan fingerprint density at radius 1 is 1.12 bits per heavy atom. The molecule has 3 nitrogen and oxygen atoms in total. The van der Waals surface area contributed by atoms with Gasteiger partial charge in [-0.2, -0.15) is 0 Å². The van der Waals surface area contributed by atoms with Crippen molar-refractivity contribution in [2.45, 2.75) is 38.8 Å². The molecule has 25 heavy (non-hydrogen) atoms. The number of hydrogen-bond acceptors (Lipinski definition) is 3. The largest absolute Gasteiger partial charge is 0.361 e. The topological polar surface area (TPSA) is 40.2 Å². The summed E-state index contributed by atoms with van der Waals surface area (Å²) in [7, 11) is -1.07. The van der Waals surface area contributed by atoms with Gasteiger partial charge in [-0.25, -0.2) is 0 Å². The average molecular weight is 373 g/mol. The van der Waals surface area contributed by atoms with Crippen LogP contribution in [0.5, 0.6) is 0 Å². The van der Waals surface area contributed by atoms with Gasteiger partial charge in [-0.15, -0.1) is 11.3 Å². The van der Waals surface area contributed by atoms with Crippen molar-refractivity contribution in [3.63, 3.8) is 0 Å². The first-order chi connectivity index (χ1) is 12.0. The molecule has 0 unspecified atom stereocenters. The van der Waals surface area contributed by atoms with E-state index in [0.29, 0.717) is 13.3 Å². The van der Waals surface area contributed by atoms with E-state index in [1.54, 1.807) is 11.3 Å². The monoisotopic (exact) mass is 372 g/mol. The molecule has 3 rings (SSSR count). The highest BCUT2D eigenvalue weighted by molar-refractivity contribution is 7.13. The van der Waals surface area contributed by atoms with Gasteiger partial charge in [0.15, 0.2) is 0 Å². The zero-order valence-electron chi connectivity index (χ0n) is 15.4. The molecule has 134 valence electrons. The number of hydrogen-bond donors (Lipinski definition) is 1. The fourth-order valence-corrected chi connectivity index (χ4v) is 4.70. The lowest BCUT2D eigenvalue weighted by atomic mass is 10.1. The minimum Gasteiger partial charge on any atom is -0.361 e. The summed E-state index contributed by atoms with van der Waals surface area (Å²) < 4.78 is 8.43. The van der Waals surface area contributed by atoms with Gasteiger partial charge in [0.1, 0.15) is 6.73 Å². The molecular formula is C20H28N2OSSi. The highest BCUT2D eigenvalue weighted by Gasteiger charge is 2.19. The van der Waals surface area contributed by atoms with E-state index in [1.165, 1.54) is 33.1 Å². The van der Waals surface area contributed by atoms with Crippen molar-refractivity contribution in [3.05, 3.63) is 47.3 Å². The normalized spacial score (nSPS) is 12.2. The Balaban J connectivity index is 1.99. The lowest BCUT2D eigenvalue weighted by Gasteiger charge is -2.17. The van der Waals surface area contributed by atoms with Gasteiger partial charge in [0.05, 0.1) is 16.1 Å². The lowest BCUT2D eigenvalue weighted by molar-refractivity contribution is 0.0912. The van der Waals surface area contributed by atoms with Gasteiger partial charge in [0, 0.05) is 20.1 Å². The first-order valence-electron chi connectivity index (χ1n) is 8.93. The summed E-state index contributed by atoms with van der Waals surface area (Å²) in [5, 5.41) is 3.43. The number of thiophene rings is 1. The van der Waals surface area contributed by atoms with E-state index < -0.39 is 8.07 Å². The third-order valence-corrected chi connectivity index (χ3v) is 7.02. The minimum atomic E-state index is -1.07. The molecule has 0 fully saturated rings. The SMILES string of the molecule is C[Si](C)(C)CCOCn1c(-c2cccs2)c(CCN)c2ccccc21. The first-order valence-corrected chi connectivity index (χ1v) is 13.5. The van der Waals surface area contributed by atoms with E-state index in [4.69, 9.17) is 10.5 Å². The molecule has 0 bridgehead atoms. The molecule has 0 amide bonds. The summed E-state index contributed by atoms with van der Waals surface area (Å²) >= 11 is 1.78. The standard InChI is InChI=1S/C20H28N2OSSi/c1-25(2,3)14-12-23-15-22-18-8-5-4-7-16(18)17(10-11-21)20(22)19-9-6-13-24-19/h4-9,13H,10-12,14-15,21H2,1-3H3.